The second kappa shape index (κ2) is 5.08. The van der Waals surface area contributed by atoms with E-state index in [1.165, 1.54) is 0 Å². The molecule has 0 N–H and O–H groups in total. The van der Waals surface area contributed by atoms with Gasteiger partial charge in [-0.25, -0.2) is 0 Å². The third-order valence-electron chi connectivity index (χ3n) is 2.83. The number of likely N-dealkylation sites (N-methyl/N-ethyl adjacent to an activating group) is 1. The van der Waals surface area contributed by atoms with Gasteiger partial charge in [-0.15, -0.1) is 0 Å². The molecular formula is C9H20N2OS. The Morgan fingerprint density at radius 2 is 2.15 bits per heavy atom. The van der Waals surface area contributed by atoms with E-state index in [-0.39, 0.29) is 0 Å². The second-order valence-corrected chi connectivity index (χ2v) is 5.45. The van der Waals surface area contributed by atoms with Crippen molar-refractivity contribution in [1.82, 2.24) is 9.80 Å². The molecule has 1 saturated heterocycles. The van der Waals surface area contributed by atoms with Crippen molar-refractivity contribution in [1.29, 1.82) is 0 Å². The highest BCUT2D eigenvalue weighted by atomic mass is 32.2. The maximum atomic E-state index is 11.2. The molecule has 1 rings (SSSR count). The Balaban J connectivity index is 2.26. The smallest absolute Gasteiger partial charge is 0.0592 e. The van der Waals surface area contributed by atoms with Crippen molar-refractivity contribution in [3.63, 3.8) is 0 Å². The van der Waals surface area contributed by atoms with Gasteiger partial charge in [0.2, 0.25) is 0 Å². The fourth-order valence-corrected chi connectivity index (χ4v) is 2.33. The van der Waals surface area contributed by atoms with Crippen molar-refractivity contribution >= 4 is 10.8 Å². The molecule has 0 bridgehead atoms. The summed E-state index contributed by atoms with van der Waals surface area (Å²) in [4.78, 5) is 4.72. The van der Waals surface area contributed by atoms with Gasteiger partial charge in [0, 0.05) is 41.9 Å². The van der Waals surface area contributed by atoms with Crippen molar-refractivity contribution in [2.45, 2.75) is 20.0 Å². The van der Waals surface area contributed by atoms with Crippen LogP contribution >= 0.6 is 0 Å². The van der Waals surface area contributed by atoms with Crippen LogP contribution in [0.1, 0.15) is 13.8 Å². The normalized spacial score (nSPS) is 28.1. The highest BCUT2D eigenvalue weighted by Gasteiger charge is 2.24. The largest absolute Gasteiger partial charge is 0.290 e. The predicted octanol–water partition coefficient (Wildman–Crippen LogP) is 0.348. The molecule has 0 amide bonds. The molecule has 2 unspecified atom stereocenters. The van der Waals surface area contributed by atoms with Crippen LogP contribution in [0.25, 0.3) is 0 Å². The Morgan fingerprint density at radius 3 is 2.62 bits per heavy atom. The molecule has 0 aromatic heterocycles. The lowest BCUT2D eigenvalue weighted by Crippen LogP contribution is -2.36. The van der Waals surface area contributed by atoms with Gasteiger partial charge in [0.25, 0.3) is 0 Å². The molecular weight excluding hydrogens is 184 g/mol. The maximum Gasteiger partial charge on any atom is 0.0592 e. The first-order chi connectivity index (χ1) is 6.15. The SMILES string of the molecule is CCS(=O)CCN1CCN(C)C1C. The fraction of sp³-hybridized carbons (Fsp3) is 1.00. The van der Waals surface area contributed by atoms with Gasteiger partial charge in [-0.2, -0.15) is 0 Å². The lowest BCUT2D eigenvalue weighted by molar-refractivity contribution is 0.185. The van der Waals surface area contributed by atoms with Crippen LogP contribution in [0.5, 0.6) is 0 Å². The number of nitrogens with zero attached hydrogens (tertiary/aromatic N) is 2. The Labute approximate surface area is 83.5 Å². The summed E-state index contributed by atoms with van der Waals surface area (Å²) >= 11 is 0. The summed E-state index contributed by atoms with van der Waals surface area (Å²) in [6, 6.07) is 0. The molecule has 1 aliphatic rings. The van der Waals surface area contributed by atoms with E-state index in [4.69, 9.17) is 0 Å². The minimum absolute atomic E-state index is 0.522. The molecule has 3 nitrogen and oxygen atoms in total. The van der Waals surface area contributed by atoms with E-state index in [2.05, 4.69) is 23.8 Å². The summed E-state index contributed by atoms with van der Waals surface area (Å²) in [6.07, 6.45) is 0.522. The van der Waals surface area contributed by atoms with Crippen molar-refractivity contribution in [2.24, 2.45) is 0 Å². The molecule has 0 aromatic carbocycles. The molecule has 0 radical (unpaired) electrons. The van der Waals surface area contributed by atoms with Gasteiger partial charge in [0.1, 0.15) is 0 Å². The molecule has 2 atom stereocenters. The molecule has 0 spiro atoms. The number of rotatable bonds is 4. The molecule has 0 aromatic rings. The van der Waals surface area contributed by atoms with Gasteiger partial charge >= 0.3 is 0 Å². The quantitative estimate of drug-likeness (QED) is 0.660. The lowest BCUT2D eigenvalue weighted by atomic mass is 10.5. The minimum Gasteiger partial charge on any atom is -0.290 e. The van der Waals surface area contributed by atoms with E-state index in [1.54, 1.807) is 0 Å². The highest BCUT2D eigenvalue weighted by Crippen LogP contribution is 2.10. The van der Waals surface area contributed by atoms with Crippen LogP contribution in [-0.4, -0.2) is 58.4 Å². The summed E-state index contributed by atoms with van der Waals surface area (Å²) in [6.45, 7) is 7.43. The lowest BCUT2D eigenvalue weighted by Gasteiger charge is -2.23. The van der Waals surface area contributed by atoms with Crippen LogP contribution in [0.2, 0.25) is 0 Å². The van der Waals surface area contributed by atoms with Gasteiger partial charge in [-0.1, -0.05) is 6.92 Å². The summed E-state index contributed by atoms with van der Waals surface area (Å²) in [5.74, 6) is 1.62. The monoisotopic (exact) mass is 204 g/mol. The van der Waals surface area contributed by atoms with Gasteiger partial charge in [0.15, 0.2) is 0 Å². The molecule has 0 aliphatic carbocycles. The van der Waals surface area contributed by atoms with Crippen LogP contribution in [0.4, 0.5) is 0 Å². The number of hydrogen-bond donors (Lipinski definition) is 0. The molecule has 1 aliphatic heterocycles. The molecule has 78 valence electrons. The predicted molar refractivity (Wildman–Crippen MR) is 57.2 cm³/mol. The van der Waals surface area contributed by atoms with E-state index in [9.17, 15) is 4.21 Å². The Bertz CT molecular complexity index is 186. The fourth-order valence-electron chi connectivity index (χ4n) is 1.60. The second-order valence-electron chi connectivity index (χ2n) is 3.58. The average Bonchev–Trinajstić information content (AvgIpc) is 2.44. The zero-order valence-electron chi connectivity index (χ0n) is 8.82. The summed E-state index contributed by atoms with van der Waals surface area (Å²) < 4.78 is 11.2. The van der Waals surface area contributed by atoms with E-state index >= 15 is 0 Å². The Morgan fingerprint density at radius 1 is 1.46 bits per heavy atom. The molecule has 1 fully saturated rings. The third-order valence-corrected chi connectivity index (χ3v) is 4.12. The van der Waals surface area contributed by atoms with Crippen LogP contribution in [0.3, 0.4) is 0 Å². The van der Waals surface area contributed by atoms with Crippen LogP contribution in [0, 0.1) is 0 Å². The van der Waals surface area contributed by atoms with E-state index < -0.39 is 10.8 Å². The molecule has 13 heavy (non-hydrogen) atoms. The summed E-state index contributed by atoms with van der Waals surface area (Å²) in [7, 11) is 1.53. The van der Waals surface area contributed by atoms with E-state index in [0.29, 0.717) is 6.17 Å². The average molecular weight is 204 g/mol. The maximum absolute atomic E-state index is 11.2. The molecule has 1 heterocycles. The van der Waals surface area contributed by atoms with Crippen LogP contribution < -0.4 is 0 Å². The van der Waals surface area contributed by atoms with E-state index in [0.717, 1.165) is 31.1 Å². The highest BCUT2D eigenvalue weighted by molar-refractivity contribution is 7.84. The number of hydrogen-bond acceptors (Lipinski definition) is 3. The first-order valence-corrected chi connectivity index (χ1v) is 6.43. The Hall–Kier alpha value is 0.0700. The molecule has 0 saturated carbocycles. The van der Waals surface area contributed by atoms with Gasteiger partial charge in [-0.05, 0) is 14.0 Å². The van der Waals surface area contributed by atoms with Gasteiger partial charge in [-0.3, -0.25) is 14.0 Å². The van der Waals surface area contributed by atoms with Gasteiger partial charge in [0.05, 0.1) is 6.17 Å². The zero-order chi connectivity index (χ0) is 9.84. The topological polar surface area (TPSA) is 23.6 Å². The summed E-state index contributed by atoms with van der Waals surface area (Å²) in [5, 5.41) is 0. The third kappa shape index (κ3) is 3.04. The van der Waals surface area contributed by atoms with Gasteiger partial charge < -0.3 is 0 Å². The van der Waals surface area contributed by atoms with Crippen molar-refractivity contribution in [3.8, 4) is 0 Å². The minimum atomic E-state index is -0.609. The Kier molecular flexibility index (Phi) is 4.35. The van der Waals surface area contributed by atoms with Crippen molar-refractivity contribution in [3.05, 3.63) is 0 Å². The van der Waals surface area contributed by atoms with Crippen LogP contribution in [-0.2, 0) is 10.8 Å². The van der Waals surface area contributed by atoms with Crippen molar-refractivity contribution < 1.29 is 4.21 Å². The molecule has 4 heteroatoms. The summed E-state index contributed by atoms with van der Waals surface area (Å²) in [5.41, 5.74) is 0. The first kappa shape index (κ1) is 11.1. The standard InChI is InChI=1S/C9H20N2OS/c1-4-13(12)8-7-11-6-5-10(3)9(11)2/h9H,4-8H2,1-3H3. The zero-order valence-corrected chi connectivity index (χ0v) is 9.64. The van der Waals surface area contributed by atoms with Crippen LogP contribution in [0.15, 0.2) is 0 Å². The van der Waals surface area contributed by atoms with Crippen molar-refractivity contribution in [2.75, 3.05) is 38.2 Å². The van der Waals surface area contributed by atoms with E-state index in [1.807, 2.05) is 6.92 Å². The first-order valence-electron chi connectivity index (χ1n) is 4.94.